The molecule has 0 fully saturated rings. The summed E-state index contributed by atoms with van der Waals surface area (Å²) in [6.07, 6.45) is -18.7. The number of aromatic nitrogens is 4. The molecule has 4 unspecified atom stereocenters. The van der Waals surface area contributed by atoms with Crippen molar-refractivity contribution in [3.8, 4) is 11.6 Å². The molecule has 4 aromatic heterocycles. The molecule has 0 spiro atoms. The summed E-state index contributed by atoms with van der Waals surface area (Å²) in [4.78, 5) is 13.0. The third-order valence-electron chi connectivity index (χ3n) is 12.8. The average molecular weight is 957 g/mol. The second-order valence-electron chi connectivity index (χ2n) is 18.5. The molecule has 356 valence electrons. The standard InChI is InChI=1S/C47H47ClF10N4O4/c1-24(2)66-39-15-28-13-31(61-36(28)22-60-39)18-43(63,46(53,54)55)23-42(6,34-16-29(48)11-26-9-10-65-40(26)34)20-37(41(4,5)33-17-30(49)8-7-25(33)3)44(64,47(56,57)58)19-32-12-27-14-38(45(50,51)52)59-21-35(27)62-32/h7-8,11-17,21-22,24,37,61-64H,9-10,18-20,23H2,1-6H3. The van der Waals surface area contributed by atoms with Gasteiger partial charge in [0.05, 0.1) is 36.1 Å². The predicted molar refractivity (Wildman–Crippen MR) is 227 cm³/mol. The minimum atomic E-state index is -5.62. The van der Waals surface area contributed by atoms with Gasteiger partial charge in [-0.1, -0.05) is 38.4 Å². The lowest BCUT2D eigenvalue weighted by Crippen LogP contribution is -2.60. The number of fused-ring (bicyclic) bond motifs is 3. The zero-order valence-electron chi connectivity index (χ0n) is 36.5. The van der Waals surface area contributed by atoms with Crippen molar-refractivity contribution in [2.75, 3.05) is 6.61 Å². The van der Waals surface area contributed by atoms with Gasteiger partial charge < -0.3 is 29.7 Å². The van der Waals surface area contributed by atoms with Crippen LogP contribution in [-0.4, -0.2) is 66.4 Å². The molecule has 66 heavy (non-hydrogen) atoms. The van der Waals surface area contributed by atoms with Gasteiger partial charge in [0.2, 0.25) is 5.88 Å². The number of hydrogen-bond acceptors (Lipinski definition) is 6. The van der Waals surface area contributed by atoms with Crippen molar-refractivity contribution in [2.45, 2.75) is 120 Å². The number of aromatic amines is 2. The van der Waals surface area contributed by atoms with Crippen LogP contribution in [0.5, 0.6) is 11.6 Å². The number of hydrogen-bond donors (Lipinski definition) is 4. The van der Waals surface area contributed by atoms with Crippen molar-refractivity contribution in [1.29, 1.82) is 0 Å². The summed E-state index contributed by atoms with van der Waals surface area (Å²) >= 11 is 6.61. The van der Waals surface area contributed by atoms with Crippen LogP contribution in [0.2, 0.25) is 5.02 Å². The van der Waals surface area contributed by atoms with E-state index >= 15 is 30.7 Å². The summed E-state index contributed by atoms with van der Waals surface area (Å²) < 4.78 is 164. The number of ether oxygens (including phenoxy) is 2. The molecule has 7 rings (SSSR count). The Morgan fingerprint density at radius 1 is 0.788 bits per heavy atom. The van der Waals surface area contributed by atoms with E-state index in [2.05, 4.69) is 19.9 Å². The van der Waals surface area contributed by atoms with E-state index in [1.807, 2.05) is 0 Å². The van der Waals surface area contributed by atoms with Crippen molar-refractivity contribution >= 4 is 33.4 Å². The third kappa shape index (κ3) is 9.42. The van der Waals surface area contributed by atoms with Gasteiger partial charge in [-0.25, -0.2) is 14.4 Å². The Bertz CT molecular complexity index is 2770. The summed E-state index contributed by atoms with van der Waals surface area (Å²) in [5.74, 6) is -2.85. The van der Waals surface area contributed by atoms with E-state index < -0.39 is 89.4 Å². The maximum atomic E-state index is 16.2. The van der Waals surface area contributed by atoms with E-state index in [9.17, 15) is 23.4 Å². The monoisotopic (exact) mass is 956 g/mol. The van der Waals surface area contributed by atoms with Crippen LogP contribution in [0.3, 0.4) is 0 Å². The number of alkyl halides is 9. The minimum Gasteiger partial charge on any atom is -0.493 e. The van der Waals surface area contributed by atoms with Crippen LogP contribution in [0, 0.1) is 18.7 Å². The van der Waals surface area contributed by atoms with E-state index in [0.717, 1.165) is 24.4 Å². The lowest BCUT2D eigenvalue weighted by molar-refractivity contribution is -0.291. The molecular formula is C47H47ClF10N4O4. The van der Waals surface area contributed by atoms with Crippen molar-refractivity contribution in [3.05, 3.63) is 117 Å². The molecule has 0 radical (unpaired) electrons. The Morgan fingerprint density at radius 3 is 2.02 bits per heavy atom. The summed E-state index contributed by atoms with van der Waals surface area (Å²) in [7, 11) is 0. The second kappa shape index (κ2) is 16.9. The number of halogens is 11. The molecule has 5 heterocycles. The normalized spacial score (nSPS) is 17.1. The first-order valence-corrected chi connectivity index (χ1v) is 21.3. The Morgan fingerprint density at radius 2 is 1.41 bits per heavy atom. The van der Waals surface area contributed by atoms with Crippen molar-refractivity contribution in [1.82, 2.24) is 19.9 Å². The first kappa shape index (κ1) is 48.9. The molecule has 0 amide bonds. The van der Waals surface area contributed by atoms with E-state index in [0.29, 0.717) is 22.5 Å². The van der Waals surface area contributed by atoms with Crippen molar-refractivity contribution in [3.63, 3.8) is 0 Å². The van der Waals surface area contributed by atoms with E-state index in [4.69, 9.17) is 21.1 Å². The molecule has 4 N–H and O–H groups in total. The molecule has 8 nitrogen and oxygen atoms in total. The van der Waals surface area contributed by atoms with E-state index in [1.165, 1.54) is 64.2 Å². The molecule has 2 aromatic carbocycles. The first-order valence-electron chi connectivity index (χ1n) is 20.9. The molecule has 1 aliphatic heterocycles. The van der Waals surface area contributed by atoms with Gasteiger partial charge in [0.25, 0.3) is 0 Å². The number of nitrogens with zero attached hydrogens (tertiary/aromatic N) is 2. The number of aliphatic hydroxyl groups is 2. The van der Waals surface area contributed by atoms with Gasteiger partial charge in [-0.2, -0.15) is 39.5 Å². The Hall–Kier alpha value is -5.07. The molecule has 4 atom stereocenters. The van der Waals surface area contributed by atoms with Crippen molar-refractivity contribution in [2.24, 2.45) is 5.92 Å². The van der Waals surface area contributed by atoms with E-state index in [1.54, 1.807) is 13.8 Å². The molecular weight excluding hydrogens is 910 g/mol. The molecule has 0 aliphatic carbocycles. The van der Waals surface area contributed by atoms with Crippen LogP contribution in [-0.2, 0) is 36.3 Å². The van der Waals surface area contributed by atoms with E-state index in [-0.39, 0.29) is 69.1 Å². The number of nitrogens with one attached hydrogen (secondary N) is 2. The maximum Gasteiger partial charge on any atom is 0.433 e. The first-order chi connectivity index (χ1) is 30.4. The number of rotatable bonds is 14. The second-order valence-corrected chi connectivity index (χ2v) is 19.0. The van der Waals surface area contributed by atoms with Gasteiger partial charge in [0.1, 0.15) is 17.3 Å². The fourth-order valence-electron chi connectivity index (χ4n) is 9.69. The Balaban J connectivity index is 1.44. The average Bonchev–Trinajstić information content (AvgIpc) is 3.93. The van der Waals surface area contributed by atoms with Crippen LogP contribution in [0.4, 0.5) is 43.9 Å². The number of H-pyrrole nitrogens is 2. The number of benzene rings is 2. The molecule has 0 saturated heterocycles. The highest BCUT2D eigenvalue weighted by molar-refractivity contribution is 6.30. The summed E-state index contributed by atoms with van der Waals surface area (Å²) in [5, 5.41) is 25.1. The van der Waals surface area contributed by atoms with Gasteiger partial charge in [-0.05, 0) is 104 Å². The van der Waals surface area contributed by atoms with Gasteiger partial charge in [-0.3, -0.25) is 0 Å². The zero-order chi connectivity index (χ0) is 48.6. The lowest BCUT2D eigenvalue weighted by Gasteiger charge is -2.51. The topological polar surface area (TPSA) is 116 Å². The van der Waals surface area contributed by atoms with Crippen LogP contribution in [0.15, 0.2) is 67.0 Å². The van der Waals surface area contributed by atoms with Gasteiger partial charge in [0.15, 0.2) is 11.2 Å². The highest BCUT2D eigenvalue weighted by Crippen LogP contribution is 2.57. The quantitative estimate of drug-likeness (QED) is 0.0808. The van der Waals surface area contributed by atoms with Crippen LogP contribution < -0.4 is 9.47 Å². The smallest absolute Gasteiger partial charge is 0.433 e. The number of pyridine rings is 2. The molecule has 0 saturated carbocycles. The summed E-state index contributed by atoms with van der Waals surface area (Å²) in [5.41, 5.74) is -12.9. The SMILES string of the molecule is Cc1ccc(F)cc1C(C)(C)C(CC(C)(CC(O)(Cc1cc2cc(OC(C)C)ncc2[nH]1)C(F)(F)F)c1cc(Cl)cc2c1OCC2)C(O)(Cc1cc2cc(C(F)(F)F)ncc2[nH]1)C(F)(F)F. The third-order valence-corrected chi connectivity index (χ3v) is 13.0. The Kier molecular flexibility index (Phi) is 12.5. The fourth-order valence-corrected chi connectivity index (χ4v) is 9.93. The molecule has 1 aliphatic rings. The van der Waals surface area contributed by atoms with Gasteiger partial charge in [-0.15, -0.1) is 0 Å². The largest absolute Gasteiger partial charge is 0.493 e. The van der Waals surface area contributed by atoms with Gasteiger partial charge >= 0.3 is 18.5 Å². The highest BCUT2D eigenvalue weighted by atomic mass is 35.5. The maximum absolute atomic E-state index is 16.2. The summed E-state index contributed by atoms with van der Waals surface area (Å²) in [6.45, 7) is 8.88. The van der Waals surface area contributed by atoms with Crippen LogP contribution in [0.25, 0.3) is 21.8 Å². The molecule has 6 aromatic rings. The molecule has 19 heteroatoms. The molecule has 0 bridgehead atoms. The van der Waals surface area contributed by atoms with Crippen LogP contribution >= 0.6 is 11.6 Å². The van der Waals surface area contributed by atoms with Crippen LogP contribution in [0.1, 0.15) is 86.8 Å². The minimum absolute atomic E-state index is 0.00587. The summed E-state index contributed by atoms with van der Waals surface area (Å²) in [6, 6.07) is 10.6. The Labute approximate surface area is 377 Å². The lowest BCUT2D eigenvalue weighted by atomic mass is 9.56. The van der Waals surface area contributed by atoms with Gasteiger partial charge in [0, 0.05) is 64.0 Å². The predicted octanol–water partition coefficient (Wildman–Crippen LogP) is 12.0. The zero-order valence-corrected chi connectivity index (χ0v) is 37.3. The fraction of sp³-hybridized carbons (Fsp3) is 0.447. The number of aryl methyl sites for hydroxylation is 1. The highest BCUT2D eigenvalue weighted by Gasteiger charge is 2.65. The van der Waals surface area contributed by atoms with Crippen molar-refractivity contribution < 1.29 is 63.6 Å².